The Morgan fingerprint density at radius 2 is 2.10 bits per heavy atom. The number of thiophene rings is 2. The third kappa shape index (κ3) is 2.64. The summed E-state index contributed by atoms with van der Waals surface area (Å²) >= 11 is 3.02. The molecule has 108 valence electrons. The van der Waals surface area contributed by atoms with Crippen LogP contribution in [-0.2, 0) is 6.54 Å². The standard InChI is InChI=1S/C15H15N3OS2/c1-8-5-6-17-15-11(8)12(16)13(21-15)14(19)18-7-10-4-3-9(2)20-10/h3-6H,7,16H2,1-2H3,(H,18,19). The molecule has 3 heterocycles. The molecule has 0 bridgehead atoms. The minimum atomic E-state index is -0.138. The van der Waals surface area contributed by atoms with Gasteiger partial charge in [0.05, 0.1) is 12.2 Å². The fourth-order valence-corrected chi connectivity index (χ4v) is 4.09. The molecule has 3 rings (SSSR count). The lowest BCUT2D eigenvalue weighted by atomic mass is 10.2. The Balaban J connectivity index is 1.84. The van der Waals surface area contributed by atoms with Gasteiger partial charge in [0, 0.05) is 21.3 Å². The molecule has 0 saturated carbocycles. The topological polar surface area (TPSA) is 68.0 Å². The van der Waals surface area contributed by atoms with Crippen molar-refractivity contribution in [3.8, 4) is 0 Å². The Hall–Kier alpha value is -1.92. The van der Waals surface area contributed by atoms with Crippen LogP contribution in [0.3, 0.4) is 0 Å². The highest BCUT2D eigenvalue weighted by Gasteiger charge is 2.18. The number of carbonyl (C=O) groups excluding carboxylic acids is 1. The lowest BCUT2D eigenvalue weighted by Gasteiger charge is -2.02. The summed E-state index contributed by atoms with van der Waals surface area (Å²) in [4.78, 5) is 20.3. The first-order valence-corrected chi connectivity index (χ1v) is 8.16. The van der Waals surface area contributed by atoms with Crippen LogP contribution in [0, 0.1) is 13.8 Å². The Kier molecular flexibility index (Phi) is 3.65. The molecule has 3 N–H and O–H groups in total. The normalized spacial score (nSPS) is 11.0. The predicted molar refractivity (Wildman–Crippen MR) is 89.0 cm³/mol. The van der Waals surface area contributed by atoms with Gasteiger partial charge in [-0.15, -0.1) is 22.7 Å². The maximum Gasteiger partial charge on any atom is 0.263 e. The van der Waals surface area contributed by atoms with Crippen LogP contribution >= 0.6 is 22.7 Å². The first-order valence-electron chi connectivity index (χ1n) is 6.53. The van der Waals surface area contributed by atoms with E-state index in [9.17, 15) is 4.79 Å². The SMILES string of the molecule is Cc1ccc(CNC(=O)c2sc3nccc(C)c3c2N)s1. The quantitative estimate of drug-likeness (QED) is 0.777. The fourth-order valence-electron chi connectivity index (χ4n) is 2.20. The lowest BCUT2D eigenvalue weighted by molar-refractivity contribution is 0.0956. The summed E-state index contributed by atoms with van der Waals surface area (Å²) in [5.74, 6) is -0.138. The highest BCUT2D eigenvalue weighted by molar-refractivity contribution is 7.21. The molecular weight excluding hydrogens is 302 g/mol. The van der Waals surface area contributed by atoms with Crippen molar-refractivity contribution in [2.75, 3.05) is 5.73 Å². The molecule has 1 amide bonds. The van der Waals surface area contributed by atoms with Gasteiger partial charge in [-0.25, -0.2) is 4.98 Å². The Labute approximate surface area is 130 Å². The van der Waals surface area contributed by atoms with Crippen LogP contribution in [0.15, 0.2) is 24.4 Å². The van der Waals surface area contributed by atoms with E-state index in [1.807, 2.05) is 25.1 Å². The summed E-state index contributed by atoms with van der Waals surface area (Å²) < 4.78 is 0. The highest BCUT2D eigenvalue weighted by Crippen LogP contribution is 2.34. The molecule has 0 aliphatic rings. The van der Waals surface area contributed by atoms with E-state index in [-0.39, 0.29) is 5.91 Å². The number of anilines is 1. The van der Waals surface area contributed by atoms with Crippen molar-refractivity contribution in [1.82, 2.24) is 10.3 Å². The van der Waals surface area contributed by atoms with Crippen molar-refractivity contribution in [2.45, 2.75) is 20.4 Å². The summed E-state index contributed by atoms with van der Waals surface area (Å²) in [5, 5.41) is 3.81. The monoisotopic (exact) mass is 317 g/mol. The lowest BCUT2D eigenvalue weighted by Crippen LogP contribution is -2.22. The molecule has 6 heteroatoms. The number of aromatic nitrogens is 1. The predicted octanol–water partition coefficient (Wildman–Crippen LogP) is 3.49. The van der Waals surface area contributed by atoms with Crippen LogP contribution in [0.25, 0.3) is 10.2 Å². The van der Waals surface area contributed by atoms with Gasteiger partial charge in [-0.3, -0.25) is 4.79 Å². The van der Waals surface area contributed by atoms with Crippen LogP contribution in [-0.4, -0.2) is 10.9 Å². The summed E-state index contributed by atoms with van der Waals surface area (Å²) in [6.45, 7) is 4.55. The molecule has 0 radical (unpaired) electrons. The zero-order valence-corrected chi connectivity index (χ0v) is 13.4. The molecule has 0 atom stereocenters. The molecule has 0 aromatic carbocycles. The van der Waals surface area contributed by atoms with Gasteiger partial charge in [-0.05, 0) is 37.6 Å². The number of carbonyl (C=O) groups is 1. The second-order valence-electron chi connectivity index (χ2n) is 4.85. The Bertz CT molecular complexity index is 820. The van der Waals surface area contributed by atoms with Crippen molar-refractivity contribution in [3.63, 3.8) is 0 Å². The van der Waals surface area contributed by atoms with E-state index in [1.54, 1.807) is 17.5 Å². The number of amides is 1. The number of hydrogen-bond donors (Lipinski definition) is 2. The van der Waals surface area contributed by atoms with Crippen LogP contribution in [0.5, 0.6) is 0 Å². The van der Waals surface area contributed by atoms with Crippen molar-refractivity contribution < 1.29 is 4.79 Å². The van der Waals surface area contributed by atoms with Gasteiger partial charge in [-0.1, -0.05) is 0 Å². The zero-order valence-electron chi connectivity index (χ0n) is 11.8. The average molecular weight is 317 g/mol. The second-order valence-corrected chi connectivity index (χ2v) is 7.22. The number of fused-ring (bicyclic) bond motifs is 1. The third-order valence-electron chi connectivity index (χ3n) is 3.26. The van der Waals surface area contributed by atoms with Crippen LogP contribution in [0.1, 0.15) is 25.0 Å². The van der Waals surface area contributed by atoms with Crippen molar-refractivity contribution in [2.24, 2.45) is 0 Å². The zero-order chi connectivity index (χ0) is 15.0. The fraction of sp³-hybridized carbons (Fsp3) is 0.200. The van der Waals surface area contributed by atoms with Crippen LogP contribution < -0.4 is 11.1 Å². The molecule has 0 saturated heterocycles. The van der Waals surface area contributed by atoms with Crippen molar-refractivity contribution in [3.05, 3.63) is 44.6 Å². The van der Waals surface area contributed by atoms with Crippen molar-refractivity contribution in [1.29, 1.82) is 0 Å². The maximum atomic E-state index is 12.3. The van der Waals surface area contributed by atoms with E-state index >= 15 is 0 Å². The smallest absolute Gasteiger partial charge is 0.263 e. The molecule has 4 nitrogen and oxygen atoms in total. The molecule has 0 aliphatic heterocycles. The number of rotatable bonds is 3. The number of pyridine rings is 1. The van der Waals surface area contributed by atoms with E-state index in [1.165, 1.54) is 16.2 Å². The van der Waals surface area contributed by atoms with E-state index in [0.717, 1.165) is 20.7 Å². The number of nitrogens with zero attached hydrogens (tertiary/aromatic N) is 1. The van der Waals surface area contributed by atoms with Crippen molar-refractivity contribution >= 4 is 44.5 Å². The van der Waals surface area contributed by atoms with E-state index in [4.69, 9.17) is 5.73 Å². The molecule has 3 aromatic rings. The van der Waals surface area contributed by atoms with Gasteiger partial charge in [0.15, 0.2) is 0 Å². The first kappa shape index (κ1) is 14.0. The molecule has 0 unspecified atom stereocenters. The first-order chi connectivity index (χ1) is 10.1. The summed E-state index contributed by atoms with van der Waals surface area (Å²) in [7, 11) is 0. The van der Waals surface area contributed by atoms with Gasteiger partial charge in [0.2, 0.25) is 0 Å². The Morgan fingerprint density at radius 3 is 2.76 bits per heavy atom. The summed E-state index contributed by atoms with van der Waals surface area (Å²) in [6.07, 6.45) is 1.74. The molecular formula is C15H15N3OS2. The number of aryl methyl sites for hydroxylation is 2. The number of hydrogen-bond acceptors (Lipinski definition) is 5. The van der Waals surface area contributed by atoms with Gasteiger partial charge in [0.25, 0.3) is 5.91 Å². The van der Waals surface area contributed by atoms with E-state index in [2.05, 4.69) is 17.2 Å². The molecule has 21 heavy (non-hydrogen) atoms. The van der Waals surface area contributed by atoms with Crippen LogP contribution in [0.4, 0.5) is 5.69 Å². The Morgan fingerprint density at radius 1 is 1.29 bits per heavy atom. The minimum absolute atomic E-state index is 0.138. The summed E-state index contributed by atoms with van der Waals surface area (Å²) in [6, 6.07) is 5.98. The number of nitrogens with two attached hydrogens (primary N) is 1. The van der Waals surface area contributed by atoms with Gasteiger partial charge in [-0.2, -0.15) is 0 Å². The van der Waals surface area contributed by atoms with Gasteiger partial charge >= 0.3 is 0 Å². The number of nitrogens with one attached hydrogen (secondary N) is 1. The molecule has 0 spiro atoms. The minimum Gasteiger partial charge on any atom is -0.397 e. The van der Waals surface area contributed by atoms with Crippen LogP contribution in [0.2, 0.25) is 0 Å². The maximum absolute atomic E-state index is 12.3. The molecule has 3 aromatic heterocycles. The number of nitrogen functional groups attached to an aromatic ring is 1. The largest absolute Gasteiger partial charge is 0.397 e. The van der Waals surface area contributed by atoms with E-state index in [0.29, 0.717) is 17.1 Å². The third-order valence-corrected chi connectivity index (χ3v) is 5.38. The van der Waals surface area contributed by atoms with Gasteiger partial charge < -0.3 is 11.1 Å². The summed E-state index contributed by atoms with van der Waals surface area (Å²) in [5.41, 5.74) is 7.70. The van der Waals surface area contributed by atoms with Gasteiger partial charge in [0.1, 0.15) is 9.71 Å². The molecule has 0 aliphatic carbocycles. The molecule has 0 fully saturated rings. The van der Waals surface area contributed by atoms with E-state index < -0.39 is 0 Å². The average Bonchev–Trinajstić information content (AvgIpc) is 3.01. The highest BCUT2D eigenvalue weighted by atomic mass is 32.1. The second kappa shape index (κ2) is 5.46.